The number of primary amides is 1. The molecule has 0 unspecified atom stereocenters. The Labute approximate surface area is 89.7 Å². The van der Waals surface area contributed by atoms with Crippen LogP contribution in [0.3, 0.4) is 0 Å². The molecule has 0 aliphatic carbocycles. The Kier molecular flexibility index (Phi) is 6.37. The van der Waals surface area contributed by atoms with E-state index in [-0.39, 0.29) is 12.0 Å². The van der Waals surface area contributed by atoms with Crippen LogP contribution in [0.5, 0.6) is 0 Å². The van der Waals surface area contributed by atoms with Crippen molar-refractivity contribution in [2.75, 3.05) is 13.7 Å². The van der Waals surface area contributed by atoms with Crippen LogP contribution >= 0.6 is 0 Å². The first-order valence-electron chi connectivity index (χ1n) is 4.75. The second-order valence-corrected chi connectivity index (χ2v) is 3.32. The van der Waals surface area contributed by atoms with Gasteiger partial charge in [-0.05, 0) is 26.3 Å². The highest BCUT2D eigenvalue weighted by molar-refractivity contribution is 5.90. The van der Waals surface area contributed by atoms with Gasteiger partial charge in [-0.1, -0.05) is 6.58 Å². The van der Waals surface area contributed by atoms with Gasteiger partial charge in [-0.15, -0.1) is 0 Å². The molecule has 0 saturated carbocycles. The zero-order chi connectivity index (χ0) is 11.8. The van der Waals surface area contributed by atoms with Crippen molar-refractivity contribution in [2.45, 2.75) is 25.8 Å². The third kappa shape index (κ3) is 5.85. The van der Waals surface area contributed by atoms with Gasteiger partial charge in [-0.25, -0.2) is 0 Å². The van der Waals surface area contributed by atoms with E-state index in [1.54, 1.807) is 6.92 Å². The standard InChI is InChI=1S/C6H11NO2.C4H7NO/c1-9-6(8)5-3-2-4-7-5;1-3(2)4(5)6/h5,7H,2-4H2,1H3;1H2,2H3,(H2,5,6)/t5-;/m0./s1. The second kappa shape index (κ2) is 7.00. The first-order chi connectivity index (χ1) is 6.99. The average molecular weight is 214 g/mol. The zero-order valence-electron chi connectivity index (χ0n) is 9.21. The Bertz CT molecular complexity index is 233. The lowest BCUT2D eigenvalue weighted by atomic mass is 10.2. The molecule has 0 aromatic carbocycles. The van der Waals surface area contributed by atoms with Crippen molar-refractivity contribution in [3.8, 4) is 0 Å². The van der Waals surface area contributed by atoms with Crippen LogP contribution in [0, 0.1) is 0 Å². The van der Waals surface area contributed by atoms with Crippen LogP contribution in [0.2, 0.25) is 0 Å². The summed E-state index contributed by atoms with van der Waals surface area (Å²) in [5, 5.41) is 3.03. The van der Waals surface area contributed by atoms with Crippen LogP contribution in [-0.2, 0) is 14.3 Å². The van der Waals surface area contributed by atoms with E-state index in [1.807, 2.05) is 0 Å². The van der Waals surface area contributed by atoms with E-state index in [1.165, 1.54) is 7.11 Å². The van der Waals surface area contributed by atoms with Gasteiger partial charge in [-0.3, -0.25) is 9.59 Å². The molecule has 1 fully saturated rings. The van der Waals surface area contributed by atoms with Crippen molar-refractivity contribution in [2.24, 2.45) is 5.73 Å². The van der Waals surface area contributed by atoms with Crippen molar-refractivity contribution in [3.63, 3.8) is 0 Å². The molecule has 5 heteroatoms. The van der Waals surface area contributed by atoms with Gasteiger partial charge >= 0.3 is 5.97 Å². The van der Waals surface area contributed by atoms with Crippen molar-refractivity contribution in [3.05, 3.63) is 12.2 Å². The Balaban J connectivity index is 0.000000288. The van der Waals surface area contributed by atoms with Gasteiger partial charge in [0.15, 0.2) is 0 Å². The molecule has 1 amide bonds. The molecular formula is C10H18N2O3. The molecular weight excluding hydrogens is 196 g/mol. The average Bonchev–Trinajstić information content (AvgIpc) is 2.70. The molecule has 0 aromatic rings. The molecule has 0 radical (unpaired) electrons. The van der Waals surface area contributed by atoms with Crippen LogP contribution < -0.4 is 11.1 Å². The van der Waals surface area contributed by atoms with Crippen molar-refractivity contribution in [1.29, 1.82) is 0 Å². The summed E-state index contributed by atoms with van der Waals surface area (Å²) in [5.74, 6) is -0.567. The fourth-order valence-electron chi connectivity index (χ4n) is 1.03. The summed E-state index contributed by atoms with van der Waals surface area (Å²) in [6, 6.07) is -0.0324. The van der Waals surface area contributed by atoms with Crippen LogP contribution in [0.15, 0.2) is 12.2 Å². The third-order valence-electron chi connectivity index (χ3n) is 1.97. The summed E-state index contributed by atoms with van der Waals surface area (Å²) in [7, 11) is 1.42. The van der Waals surface area contributed by atoms with E-state index < -0.39 is 5.91 Å². The maximum atomic E-state index is 10.7. The van der Waals surface area contributed by atoms with Gasteiger partial charge in [0.05, 0.1) is 7.11 Å². The zero-order valence-corrected chi connectivity index (χ0v) is 9.21. The van der Waals surface area contributed by atoms with Gasteiger partial charge in [0.25, 0.3) is 0 Å². The number of nitrogens with one attached hydrogen (secondary N) is 1. The van der Waals surface area contributed by atoms with E-state index in [0.717, 1.165) is 19.4 Å². The summed E-state index contributed by atoms with van der Waals surface area (Å²) in [4.78, 5) is 20.6. The summed E-state index contributed by atoms with van der Waals surface area (Å²) in [6.07, 6.45) is 2.01. The number of esters is 1. The quantitative estimate of drug-likeness (QED) is 0.499. The lowest BCUT2D eigenvalue weighted by Crippen LogP contribution is -2.31. The highest BCUT2D eigenvalue weighted by Crippen LogP contribution is 2.05. The lowest BCUT2D eigenvalue weighted by molar-refractivity contribution is -0.142. The fraction of sp³-hybridized carbons (Fsp3) is 0.600. The Morgan fingerprint density at radius 3 is 2.33 bits per heavy atom. The number of carbonyl (C=O) groups is 2. The van der Waals surface area contributed by atoms with Gasteiger partial charge in [0, 0.05) is 5.57 Å². The molecule has 0 spiro atoms. The van der Waals surface area contributed by atoms with Crippen LogP contribution in [-0.4, -0.2) is 31.6 Å². The van der Waals surface area contributed by atoms with Crippen molar-refractivity contribution >= 4 is 11.9 Å². The maximum absolute atomic E-state index is 10.7. The summed E-state index contributed by atoms with van der Waals surface area (Å²) in [5.41, 5.74) is 5.09. The van der Waals surface area contributed by atoms with Gasteiger partial charge in [-0.2, -0.15) is 0 Å². The molecule has 1 rings (SSSR count). The summed E-state index contributed by atoms with van der Waals surface area (Å²) in [6.45, 7) is 5.80. The number of nitrogens with two attached hydrogens (primary N) is 1. The highest BCUT2D eigenvalue weighted by Gasteiger charge is 2.21. The first-order valence-corrected chi connectivity index (χ1v) is 4.75. The number of methoxy groups -OCH3 is 1. The number of hydrogen-bond acceptors (Lipinski definition) is 4. The lowest BCUT2D eigenvalue weighted by Gasteiger charge is -2.04. The molecule has 1 aliphatic heterocycles. The SMILES string of the molecule is C=C(C)C(N)=O.COC(=O)[C@@H]1CCCN1. The monoisotopic (exact) mass is 214 g/mol. The van der Waals surface area contributed by atoms with Crippen LogP contribution in [0.25, 0.3) is 0 Å². The number of ether oxygens (including phenoxy) is 1. The Hall–Kier alpha value is -1.36. The molecule has 15 heavy (non-hydrogen) atoms. The molecule has 1 aliphatic rings. The molecule has 3 N–H and O–H groups in total. The maximum Gasteiger partial charge on any atom is 0.322 e. The Morgan fingerprint density at radius 1 is 1.53 bits per heavy atom. The van der Waals surface area contributed by atoms with Gasteiger partial charge in [0.1, 0.15) is 6.04 Å². The minimum Gasteiger partial charge on any atom is -0.468 e. The summed E-state index contributed by atoms with van der Waals surface area (Å²) < 4.78 is 4.53. The molecule has 5 nitrogen and oxygen atoms in total. The predicted octanol–water partition coefficient (Wildman–Crippen LogP) is -0.0408. The topological polar surface area (TPSA) is 81.4 Å². The Morgan fingerprint density at radius 2 is 2.07 bits per heavy atom. The minimum absolute atomic E-state index is 0.0324. The third-order valence-corrected chi connectivity index (χ3v) is 1.97. The first kappa shape index (κ1) is 13.6. The van der Waals surface area contributed by atoms with E-state index in [4.69, 9.17) is 5.73 Å². The molecule has 1 saturated heterocycles. The van der Waals surface area contributed by atoms with Crippen LogP contribution in [0.4, 0.5) is 0 Å². The normalized spacial score (nSPS) is 18.7. The van der Waals surface area contributed by atoms with Crippen LogP contribution in [0.1, 0.15) is 19.8 Å². The smallest absolute Gasteiger partial charge is 0.322 e. The van der Waals surface area contributed by atoms with Gasteiger partial charge < -0.3 is 15.8 Å². The van der Waals surface area contributed by atoms with Crippen molar-refractivity contribution < 1.29 is 14.3 Å². The molecule has 1 atom stereocenters. The number of rotatable bonds is 2. The number of carbonyl (C=O) groups excluding carboxylic acids is 2. The molecule has 1 heterocycles. The predicted molar refractivity (Wildman–Crippen MR) is 57.0 cm³/mol. The molecule has 0 bridgehead atoms. The van der Waals surface area contributed by atoms with Gasteiger partial charge in [0.2, 0.25) is 5.91 Å². The molecule has 0 aromatic heterocycles. The van der Waals surface area contributed by atoms with Crippen molar-refractivity contribution in [1.82, 2.24) is 5.32 Å². The van der Waals surface area contributed by atoms with E-state index in [2.05, 4.69) is 16.6 Å². The molecule has 86 valence electrons. The number of amides is 1. The highest BCUT2D eigenvalue weighted by atomic mass is 16.5. The van der Waals surface area contributed by atoms with E-state index in [0.29, 0.717) is 5.57 Å². The summed E-state index contributed by atoms with van der Waals surface area (Å²) >= 11 is 0. The second-order valence-electron chi connectivity index (χ2n) is 3.32. The van der Waals surface area contributed by atoms with E-state index in [9.17, 15) is 9.59 Å². The largest absolute Gasteiger partial charge is 0.468 e. The van der Waals surface area contributed by atoms with E-state index >= 15 is 0 Å². The fourth-order valence-corrected chi connectivity index (χ4v) is 1.03. The minimum atomic E-state index is -0.435. The number of hydrogen-bond donors (Lipinski definition) is 2.